The van der Waals surface area contributed by atoms with Crippen molar-refractivity contribution in [3.05, 3.63) is 0 Å². The monoisotopic (exact) mass is 154 g/mol. The molecule has 62 valence electrons. The van der Waals surface area contributed by atoms with Gasteiger partial charge in [0, 0.05) is 20.1 Å². The van der Waals surface area contributed by atoms with E-state index in [1.54, 1.807) is 13.4 Å². The molecule has 11 heavy (non-hydrogen) atoms. The number of guanidine groups is 1. The average Bonchev–Trinajstić information content (AvgIpc) is 2.52. The number of aliphatic imine (C=N–C) groups is 1. The predicted octanol–water partition coefficient (Wildman–Crippen LogP) is 0.265. The molecule has 0 saturated carbocycles. The lowest BCUT2D eigenvalue weighted by Gasteiger charge is -2.16. The van der Waals surface area contributed by atoms with E-state index < -0.39 is 0 Å². The lowest BCUT2D eigenvalue weighted by molar-refractivity contribution is 0.503. The van der Waals surface area contributed by atoms with Crippen LogP contribution in [0.2, 0.25) is 0 Å². The van der Waals surface area contributed by atoms with Crippen LogP contribution in [0, 0.1) is 5.41 Å². The number of nitrogens with one attached hydrogen (secondary N) is 2. The summed E-state index contributed by atoms with van der Waals surface area (Å²) in [6, 6.07) is 0. The van der Waals surface area contributed by atoms with Gasteiger partial charge in [0.1, 0.15) is 0 Å². The Labute approximate surface area is 66.8 Å². The van der Waals surface area contributed by atoms with Gasteiger partial charge in [-0.1, -0.05) is 0 Å². The molecule has 0 aromatic carbocycles. The maximum atomic E-state index is 7.51. The maximum absolute atomic E-state index is 7.51. The van der Waals surface area contributed by atoms with Crippen LogP contribution in [0.15, 0.2) is 4.99 Å². The third-order valence-electron chi connectivity index (χ3n) is 1.75. The minimum absolute atomic E-state index is 0.466. The minimum atomic E-state index is 0.466. The van der Waals surface area contributed by atoms with Crippen molar-refractivity contribution in [3.8, 4) is 0 Å². The van der Waals surface area contributed by atoms with Crippen molar-refractivity contribution >= 4 is 12.3 Å². The van der Waals surface area contributed by atoms with Gasteiger partial charge in [0.2, 0.25) is 0 Å². The van der Waals surface area contributed by atoms with Gasteiger partial charge in [-0.2, -0.15) is 0 Å². The summed E-state index contributed by atoms with van der Waals surface area (Å²) < 4.78 is 0. The molecule has 0 bridgehead atoms. The van der Waals surface area contributed by atoms with Gasteiger partial charge < -0.3 is 10.2 Å². The Bertz CT molecular complexity index is 158. The molecule has 4 nitrogen and oxygen atoms in total. The Morgan fingerprint density at radius 3 is 2.73 bits per heavy atom. The van der Waals surface area contributed by atoms with Crippen molar-refractivity contribution in [2.45, 2.75) is 12.8 Å². The van der Waals surface area contributed by atoms with Crippen LogP contribution in [0.1, 0.15) is 12.8 Å². The summed E-state index contributed by atoms with van der Waals surface area (Å²) in [5.74, 6) is 0.466. The largest absolute Gasteiger partial charge is 0.343 e. The van der Waals surface area contributed by atoms with Gasteiger partial charge in [0.15, 0.2) is 5.96 Å². The first-order valence-corrected chi connectivity index (χ1v) is 3.85. The zero-order valence-corrected chi connectivity index (χ0v) is 6.80. The van der Waals surface area contributed by atoms with E-state index in [9.17, 15) is 0 Å². The van der Waals surface area contributed by atoms with Gasteiger partial charge in [-0.3, -0.25) is 10.4 Å². The number of nitrogens with zero attached hydrogens (tertiary/aromatic N) is 2. The Morgan fingerprint density at radius 1 is 1.55 bits per heavy atom. The maximum Gasteiger partial charge on any atom is 0.196 e. The fourth-order valence-corrected chi connectivity index (χ4v) is 1.16. The SMILES string of the molecule is C/N=C/NC(=N)N1CCCC1. The first-order valence-electron chi connectivity index (χ1n) is 3.85. The molecule has 1 heterocycles. The molecule has 4 heteroatoms. The second kappa shape index (κ2) is 3.95. The van der Waals surface area contributed by atoms with Gasteiger partial charge in [-0.25, -0.2) is 0 Å². The molecule has 0 atom stereocenters. The highest BCUT2D eigenvalue weighted by Gasteiger charge is 2.13. The molecule has 0 aromatic rings. The van der Waals surface area contributed by atoms with Crippen molar-refractivity contribution in [1.29, 1.82) is 5.41 Å². The summed E-state index contributed by atoms with van der Waals surface area (Å²) in [5, 5.41) is 10.3. The highest BCUT2D eigenvalue weighted by Crippen LogP contribution is 2.05. The topological polar surface area (TPSA) is 51.5 Å². The first kappa shape index (κ1) is 8.04. The molecule has 1 fully saturated rings. The Morgan fingerprint density at radius 2 is 2.18 bits per heavy atom. The van der Waals surface area contributed by atoms with Gasteiger partial charge in [-0.05, 0) is 12.8 Å². The summed E-state index contributed by atoms with van der Waals surface area (Å²) in [4.78, 5) is 5.76. The van der Waals surface area contributed by atoms with E-state index in [1.165, 1.54) is 12.8 Å². The molecule has 1 saturated heterocycles. The molecule has 0 unspecified atom stereocenters. The zero-order valence-electron chi connectivity index (χ0n) is 6.80. The third-order valence-corrected chi connectivity index (χ3v) is 1.75. The third kappa shape index (κ3) is 2.22. The van der Waals surface area contributed by atoms with E-state index in [0.717, 1.165) is 13.1 Å². The predicted molar refractivity (Wildman–Crippen MR) is 46.1 cm³/mol. The summed E-state index contributed by atoms with van der Waals surface area (Å²) in [5.41, 5.74) is 0. The van der Waals surface area contributed by atoms with Crippen molar-refractivity contribution in [3.63, 3.8) is 0 Å². The molecule has 1 aliphatic heterocycles. The van der Waals surface area contributed by atoms with Gasteiger partial charge in [0.05, 0.1) is 6.34 Å². The Hall–Kier alpha value is -1.06. The van der Waals surface area contributed by atoms with Gasteiger partial charge >= 0.3 is 0 Å². The summed E-state index contributed by atoms with van der Waals surface area (Å²) in [7, 11) is 1.68. The normalized spacial score (nSPS) is 17.7. The second-order valence-electron chi connectivity index (χ2n) is 2.57. The Balaban J connectivity index is 2.28. The summed E-state index contributed by atoms with van der Waals surface area (Å²) in [6.45, 7) is 2.01. The lowest BCUT2D eigenvalue weighted by atomic mass is 10.4. The van der Waals surface area contributed by atoms with Crippen molar-refractivity contribution < 1.29 is 0 Å². The van der Waals surface area contributed by atoms with Crippen LogP contribution in [-0.4, -0.2) is 37.3 Å². The first-order chi connectivity index (χ1) is 5.34. The van der Waals surface area contributed by atoms with E-state index in [4.69, 9.17) is 5.41 Å². The van der Waals surface area contributed by atoms with Crippen molar-refractivity contribution in [2.75, 3.05) is 20.1 Å². The standard InChI is InChI=1S/C7H14N4/c1-9-6-10-7(8)11-4-2-3-5-11/h6H,2-5H2,1H3,(H2,8,9,10). The van der Waals surface area contributed by atoms with Crippen LogP contribution in [0.25, 0.3) is 0 Å². The quantitative estimate of drug-likeness (QED) is 0.420. The number of hydrogen-bond acceptors (Lipinski definition) is 2. The molecule has 0 spiro atoms. The van der Waals surface area contributed by atoms with E-state index in [0.29, 0.717) is 5.96 Å². The molecular formula is C7H14N4. The summed E-state index contributed by atoms with van der Waals surface area (Å²) >= 11 is 0. The highest BCUT2D eigenvalue weighted by molar-refractivity contribution is 5.87. The van der Waals surface area contributed by atoms with Crippen LogP contribution in [0.4, 0.5) is 0 Å². The summed E-state index contributed by atoms with van der Waals surface area (Å²) in [6.07, 6.45) is 3.95. The lowest BCUT2D eigenvalue weighted by Crippen LogP contribution is -2.37. The van der Waals surface area contributed by atoms with Gasteiger partial charge in [0.25, 0.3) is 0 Å². The minimum Gasteiger partial charge on any atom is -0.343 e. The van der Waals surface area contributed by atoms with E-state index in [-0.39, 0.29) is 0 Å². The van der Waals surface area contributed by atoms with Crippen molar-refractivity contribution in [1.82, 2.24) is 10.2 Å². The van der Waals surface area contributed by atoms with Gasteiger partial charge in [-0.15, -0.1) is 0 Å². The van der Waals surface area contributed by atoms with E-state index in [2.05, 4.69) is 10.3 Å². The van der Waals surface area contributed by atoms with Crippen LogP contribution < -0.4 is 5.32 Å². The fraction of sp³-hybridized carbons (Fsp3) is 0.714. The molecule has 0 aliphatic carbocycles. The molecule has 0 amide bonds. The number of hydrogen-bond donors (Lipinski definition) is 2. The fourth-order valence-electron chi connectivity index (χ4n) is 1.16. The molecule has 0 radical (unpaired) electrons. The highest BCUT2D eigenvalue weighted by atomic mass is 15.3. The van der Waals surface area contributed by atoms with E-state index in [1.807, 2.05) is 4.90 Å². The van der Waals surface area contributed by atoms with E-state index >= 15 is 0 Å². The van der Waals surface area contributed by atoms with Crippen LogP contribution in [-0.2, 0) is 0 Å². The molecule has 1 aliphatic rings. The van der Waals surface area contributed by atoms with Crippen LogP contribution >= 0.6 is 0 Å². The average molecular weight is 154 g/mol. The zero-order chi connectivity index (χ0) is 8.10. The van der Waals surface area contributed by atoms with Crippen LogP contribution in [0.5, 0.6) is 0 Å². The number of likely N-dealkylation sites (tertiary alicyclic amines) is 1. The Kier molecular flexibility index (Phi) is 2.89. The second-order valence-corrected chi connectivity index (χ2v) is 2.57. The number of rotatable bonds is 1. The van der Waals surface area contributed by atoms with Crippen LogP contribution in [0.3, 0.4) is 0 Å². The smallest absolute Gasteiger partial charge is 0.196 e. The van der Waals surface area contributed by atoms with Crippen molar-refractivity contribution in [2.24, 2.45) is 4.99 Å². The molecule has 0 aromatic heterocycles. The molecule has 2 N–H and O–H groups in total. The molecular weight excluding hydrogens is 140 g/mol. The molecule has 1 rings (SSSR count).